The molecule has 1 aliphatic heterocycles. The number of aromatic nitrogens is 2. The van der Waals surface area contributed by atoms with Crippen LogP contribution < -0.4 is 10.5 Å². The molecule has 20 heavy (non-hydrogen) atoms. The summed E-state index contributed by atoms with van der Waals surface area (Å²) in [5.74, 6) is 0.781. The molecule has 0 radical (unpaired) electrons. The third-order valence-corrected chi connectivity index (χ3v) is 3.56. The minimum Gasteiger partial charge on any atom is -0.356 e. The minimum absolute atomic E-state index is 0.0703. The van der Waals surface area contributed by atoms with Crippen molar-refractivity contribution < 1.29 is 0 Å². The molecule has 0 atom stereocenters. The zero-order chi connectivity index (χ0) is 14.7. The first-order valence-electron chi connectivity index (χ1n) is 7.16. The monoisotopic (exact) mass is 293 g/mol. The van der Waals surface area contributed by atoms with Crippen molar-refractivity contribution in [2.45, 2.75) is 33.6 Å². The standard InChI is InChI=1S/C13H14ClN3O.C2H6/c1-2-9-6-10(14)8-17-12(18)7-11(15-13(9)17)16-4-3-5-16;1-2/h6-8H,2-5H2,1H3;1-2H3. The van der Waals surface area contributed by atoms with E-state index >= 15 is 0 Å². The van der Waals surface area contributed by atoms with Gasteiger partial charge in [-0.2, -0.15) is 0 Å². The smallest absolute Gasteiger partial charge is 0.260 e. The summed E-state index contributed by atoms with van der Waals surface area (Å²) in [5.41, 5.74) is 1.65. The number of halogens is 1. The summed E-state index contributed by atoms with van der Waals surface area (Å²) in [7, 11) is 0. The van der Waals surface area contributed by atoms with Gasteiger partial charge >= 0.3 is 0 Å². The van der Waals surface area contributed by atoms with Crippen LogP contribution in [0.1, 0.15) is 32.8 Å². The Morgan fingerprint density at radius 3 is 2.55 bits per heavy atom. The van der Waals surface area contributed by atoms with Crippen LogP contribution in [0.2, 0.25) is 5.02 Å². The highest BCUT2D eigenvalue weighted by Crippen LogP contribution is 2.20. The average molecular weight is 294 g/mol. The summed E-state index contributed by atoms with van der Waals surface area (Å²) >= 11 is 6.02. The molecule has 1 saturated heterocycles. The maximum atomic E-state index is 12.1. The first-order chi connectivity index (χ1) is 9.69. The molecule has 0 bridgehead atoms. The van der Waals surface area contributed by atoms with Crippen molar-refractivity contribution in [3.63, 3.8) is 0 Å². The molecule has 0 aromatic carbocycles. The van der Waals surface area contributed by atoms with Crippen LogP contribution in [0, 0.1) is 0 Å². The van der Waals surface area contributed by atoms with Crippen LogP contribution in [-0.2, 0) is 6.42 Å². The van der Waals surface area contributed by atoms with E-state index in [0.29, 0.717) is 5.02 Å². The zero-order valence-corrected chi connectivity index (χ0v) is 12.9. The summed E-state index contributed by atoms with van der Waals surface area (Å²) in [6.07, 6.45) is 3.60. The summed E-state index contributed by atoms with van der Waals surface area (Å²) in [4.78, 5) is 18.8. The third kappa shape index (κ3) is 2.66. The molecular weight excluding hydrogens is 274 g/mol. The Hall–Kier alpha value is -1.55. The van der Waals surface area contributed by atoms with Gasteiger partial charge in [-0.1, -0.05) is 32.4 Å². The molecule has 5 heteroatoms. The van der Waals surface area contributed by atoms with E-state index in [4.69, 9.17) is 11.6 Å². The molecule has 2 aromatic heterocycles. The summed E-state index contributed by atoms with van der Waals surface area (Å²) < 4.78 is 1.53. The highest BCUT2D eigenvalue weighted by Gasteiger charge is 2.17. The second-order valence-electron chi connectivity index (χ2n) is 4.52. The molecule has 0 aliphatic carbocycles. The van der Waals surface area contributed by atoms with E-state index in [2.05, 4.69) is 9.88 Å². The quantitative estimate of drug-likeness (QED) is 0.853. The van der Waals surface area contributed by atoms with Gasteiger partial charge in [-0.15, -0.1) is 0 Å². The Kier molecular flexibility index (Phi) is 4.65. The van der Waals surface area contributed by atoms with Gasteiger partial charge < -0.3 is 4.90 Å². The largest absolute Gasteiger partial charge is 0.356 e. The lowest BCUT2D eigenvalue weighted by Gasteiger charge is -2.32. The van der Waals surface area contributed by atoms with Crippen molar-refractivity contribution in [2.24, 2.45) is 0 Å². The highest BCUT2D eigenvalue weighted by molar-refractivity contribution is 6.30. The van der Waals surface area contributed by atoms with E-state index in [1.54, 1.807) is 12.3 Å². The van der Waals surface area contributed by atoms with Crippen molar-refractivity contribution in [1.82, 2.24) is 9.38 Å². The summed E-state index contributed by atoms with van der Waals surface area (Å²) in [5, 5.41) is 0.569. The van der Waals surface area contributed by atoms with Gasteiger partial charge in [0.1, 0.15) is 11.5 Å². The fraction of sp³-hybridized carbons (Fsp3) is 0.467. The average Bonchev–Trinajstić information content (AvgIpc) is 2.39. The van der Waals surface area contributed by atoms with Gasteiger partial charge in [0.15, 0.2) is 0 Å². The van der Waals surface area contributed by atoms with Crippen molar-refractivity contribution in [3.05, 3.63) is 39.3 Å². The molecule has 0 saturated carbocycles. The topological polar surface area (TPSA) is 37.6 Å². The molecule has 1 fully saturated rings. The lowest BCUT2D eigenvalue weighted by molar-refractivity contribution is 0.609. The fourth-order valence-electron chi connectivity index (χ4n) is 2.19. The number of pyridine rings is 1. The Labute approximate surface area is 124 Å². The van der Waals surface area contributed by atoms with Gasteiger partial charge in [-0.3, -0.25) is 9.20 Å². The number of fused-ring (bicyclic) bond motifs is 1. The van der Waals surface area contributed by atoms with E-state index in [1.807, 2.05) is 26.8 Å². The number of aryl methyl sites for hydroxylation is 1. The number of rotatable bonds is 2. The second-order valence-corrected chi connectivity index (χ2v) is 4.96. The molecule has 108 valence electrons. The van der Waals surface area contributed by atoms with Gasteiger partial charge in [0.05, 0.1) is 5.02 Å². The molecule has 0 amide bonds. The third-order valence-electron chi connectivity index (χ3n) is 3.35. The van der Waals surface area contributed by atoms with Gasteiger partial charge in [0.2, 0.25) is 0 Å². The molecule has 3 heterocycles. The molecule has 1 aliphatic rings. The maximum Gasteiger partial charge on any atom is 0.260 e. The molecule has 0 spiro atoms. The number of hydrogen-bond donors (Lipinski definition) is 0. The first kappa shape index (κ1) is 14.9. The molecule has 4 nitrogen and oxygen atoms in total. The molecule has 3 rings (SSSR count). The predicted octanol–water partition coefficient (Wildman–Crippen LogP) is 3.15. The molecular formula is C15H20ClN3O. The molecule has 0 unspecified atom stereocenters. The van der Waals surface area contributed by atoms with E-state index in [9.17, 15) is 4.79 Å². The van der Waals surface area contributed by atoms with Crippen LogP contribution in [0.3, 0.4) is 0 Å². The second kappa shape index (κ2) is 6.27. The van der Waals surface area contributed by atoms with E-state index in [-0.39, 0.29) is 5.56 Å². The summed E-state index contributed by atoms with van der Waals surface area (Å²) in [6, 6.07) is 3.46. The van der Waals surface area contributed by atoms with Crippen LogP contribution in [0.25, 0.3) is 5.65 Å². The van der Waals surface area contributed by atoms with Crippen LogP contribution in [0.4, 0.5) is 5.82 Å². The minimum atomic E-state index is -0.0703. The Bertz CT molecular complexity index is 662. The van der Waals surface area contributed by atoms with Gasteiger partial charge in [0, 0.05) is 25.4 Å². The van der Waals surface area contributed by atoms with Crippen LogP contribution in [-0.4, -0.2) is 22.5 Å². The number of anilines is 1. The lowest BCUT2D eigenvalue weighted by Crippen LogP contribution is -2.38. The van der Waals surface area contributed by atoms with Crippen LogP contribution >= 0.6 is 11.6 Å². The fourth-order valence-corrected chi connectivity index (χ4v) is 2.42. The number of nitrogens with zero attached hydrogens (tertiary/aromatic N) is 3. The van der Waals surface area contributed by atoms with Gasteiger partial charge in [-0.05, 0) is 24.5 Å². The van der Waals surface area contributed by atoms with Crippen molar-refractivity contribution in [1.29, 1.82) is 0 Å². The van der Waals surface area contributed by atoms with Crippen molar-refractivity contribution >= 4 is 23.1 Å². The Morgan fingerprint density at radius 2 is 2.00 bits per heavy atom. The van der Waals surface area contributed by atoms with Crippen molar-refractivity contribution in [3.8, 4) is 0 Å². The van der Waals surface area contributed by atoms with Crippen molar-refractivity contribution in [2.75, 3.05) is 18.0 Å². The maximum absolute atomic E-state index is 12.1. The Balaban J connectivity index is 0.000000704. The van der Waals surface area contributed by atoms with E-state index in [0.717, 1.165) is 36.5 Å². The molecule has 0 N–H and O–H groups in total. The highest BCUT2D eigenvalue weighted by atomic mass is 35.5. The first-order valence-corrected chi connectivity index (χ1v) is 7.53. The van der Waals surface area contributed by atoms with E-state index in [1.165, 1.54) is 10.8 Å². The van der Waals surface area contributed by atoms with Gasteiger partial charge in [0.25, 0.3) is 5.56 Å². The predicted molar refractivity (Wildman–Crippen MR) is 84.0 cm³/mol. The Morgan fingerprint density at radius 1 is 1.30 bits per heavy atom. The van der Waals surface area contributed by atoms with Gasteiger partial charge in [-0.25, -0.2) is 4.98 Å². The van der Waals surface area contributed by atoms with Crippen LogP contribution in [0.5, 0.6) is 0 Å². The molecule has 2 aromatic rings. The van der Waals surface area contributed by atoms with E-state index < -0.39 is 0 Å². The lowest BCUT2D eigenvalue weighted by atomic mass is 10.2. The van der Waals surface area contributed by atoms with Crippen LogP contribution in [0.15, 0.2) is 23.1 Å². The summed E-state index contributed by atoms with van der Waals surface area (Å²) in [6.45, 7) is 8.00. The number of hydrogen-bond acceptors (Lipinski definition) is 3. The normalized spacial score (nSPS) is 13.7. The zero-order valence-electron chi connectivity index (χ0n) is 12.2. The SMILES string of the molecule is CC.CCc1cc(Cl)cn2c(=O)cc(N3CCC3)nc12.